The third-order valence-electron chi connectivity index (χ3n) is 9.10. The van der Waals surface area contributed by atoms with Crippen molar-refractivity contribution in [3.05, 3.63) is 193 Å². The molecule has 0 radical (unpaired) electrons. The predicted molar refractivity (Wildman–Crippen MR) is 214 cm³/mol. The first-order chi connectivity index (χ1) is 23.7. The Morgan fingerprint density at radius 2 is 0.604 bits per heavy atom. The van der Waals surface area contributed by atoms with Crippen LogP contribution in [0.25, 0.3) is 32.7 Å². The summed E-state index contributed by atoms with van der Waals surface area (Å²) in [4.78, 5) is 0. The fraction of sp³-hybridized carbons (Fsp3) is 0.0435. The molecule has 0 heterocycles. The van der Waals surface area contributed by atoms with Gasteiger partial charge in [0.1, 0.15) is 0 Å². The maximum Gasteiger partial charge on any atom is -0.000873 e. The Balaban J connectivity index is 1.56. The molecule has 0 aromatic heterocycles. The molecule has 0 aliphatic carbocycles. The highest BCUT2D eigenvalue weighted by molar-refractivity contribution is 7.80. The van der Waals surface area contributed by atoms with Crippen LogP contribution in [0.3, 0.4) is 0 Å². The zero-order valence-corrected chi connectivity index (χ0v) is 29.0. The summed E-state index contributed by atoms with van der Waals surface area (Å²) >= 11 is 0. The van der Waals surface area contributed by atoms with Crippen LogP contribution in [0.1, 0.15) is 11.1 Å². The number of fused-ring (bicyclic) bond motifs is 2. The molecular weight excluding hydrogens is 614 g/mol. The van der Waals surface area contributed by atoms with Crippen LogP contribution in [-0.4, -0.2) is 0 Å². The number of benzene rings is 8. The van der Waals surface area contributed by atoms with E-state index in [0.717, 1.165) is 0 Å². The lowest BCUT2D eigenvalue weighted by Gasteiger charge is -2.28. The van der Waals surface area contributed by atoms with Crippen molar-refractivity contribution < 1.29 is 0 Å². The predicted octanol–water partition coefficient (Wildman–Crippen LogP) is 9.79. The van der Waals surface area contributed by atoms with Gasteiger partial charge in [0.05, 0.1) is 0 Å². The molecule has 8 aromatic rings. The molecule has 0 saturated heterocycles. The molecule has 8 rings (SSSR count). The van der Waals surface area contributed by atoms with Crippen LogP contribution >= 0.6 is 15.8 Å². The second-order valence-corrected chi connectivity index (χ2v) is 16.8. The Kier molecular flexibility index (Phi) is 8.46. The molecule has 0 saturated carbocycles. The molecule has 0 aliphatic heterocycles. The maximum absolute atomic E-state index is 2.43. The van der Waals surface area contributed by atoms with Gasteiger partial charge in [0.15, 0.2) is 0 Å². The Bertz CT molecular complexity index is 2100. The van der Waals surface area contributed by atoms with E-state index in [1.165, 1.54) is 75.6 Å². The Morgan fingerprint density at radius 1 is 0.312 bits per heavy atom. The van der Waals surface area contributed by atoms with E-state index in [-0.39, 0.29) is 0 Å². The summed E-state index contributed by atoms with van der Waals surface area (Å²) in [7, 11) is -1.74. The van der Waals surface area contributed by atoms with Gasteiger partial charge in [0, 0.05) is 0 Å². The molecule has 48 heavy (non-hydrogen) atoms. The van der Waals surface area contributed by atoms with E-state index >= 15 is 0 Å². The second kappa shape index (κ2) is 13.3. The minimum atomic E-state index is -0.869. The number of hydrogen-bond acceptors (Lipinski definition) is 0. The van der Waals surface area contributed by atoms with Crippen molar-refractivity contribution in [2.24, 2.45) is 0 Å². The summed E-state index contributed by atoms with van der Waals surface area (Å²) in [6, 6.07) is 68.1. The highest BCUT2D eigenvalue weighted by Gasteiger charge is 2.28. The van der Waals surface area contributed by atoms with Crippen molar-refractivity contribution >= 4 is 69.2 Å². The number of rotatable bonds is 7. The first-order valence-electron chi connectivity index (χ1n) is 16.5. The first kappa shape index (κ1) is 30.5. The number of hydrogen-bond donors (Lipinski definition) is 0. The fourth-order valence-corrected chi connectivity index (χ4v) is 11.9. The lowest BCUT2D eigenvalue weighted by Crippen LogP contribution is -2.26. The van der Waals surface area contributed by atoms with Crippen LogP contribution in [0.4, 0.5) is 0 Å². The average molecular weight is 651 g/mol. The zero-order chi connectivity index (χ0) is 32.5. The van der Waals surface area contributed by atoms with Crippen molar-refractivity contribution in [1.82, 2.24) is 0 Å². The van der Waals surface area contributed by atoms with Crippen LogP contribution in [0.2, 0.25) is 0 Å². The van der Waals surface area contributed by atoms with Crippen LogP contribution < -0.4 is 31.8 Å². The molecule has 0 bridgehead atoms. The van der Waals surface area contributed by atoms with Crippen LogP contribution in [-0.2, 0) is 0 Å². The second-order valence-electron chi connectivity index (χ2n) is 12.4. The maximum atomic E-state index is 2.43. The summed E-state index contributed by atoms with van der Waals surface area (Å²) < 4.78 is 0. The first-order valence-corrected chi connectivity index (χ1v) is 19.2. The summed E-state index contributed by atoms with van der Waals surface area (Å²) in [6.07, 6.45) is 0. The summed E-state index contributed by atoms with van der Waals surface area (Å²) in [5.41, 5.74) is 5.27. The lowest BCUT2D eigenvalue weighted by atomic mass is 9.92. The topological polar surface area (TPSA) is 0 Å². The largest absolute Gasteiger partial charge is 0.0622 e. The number of aryl methyl sites for hydroxylation is 2. The molecule has 0 spiro atoms. The molecule has 0 aliphatic rings. The van der Waals surface area contributed by atoms with Gasteiger partial charge >= 0.3 is 0 Å². The molecule has 8 aromatic carbocycles. The zero-order valence-electron chi connectivity index (χ0n) is 27.2. The van der Waals surface area contributed by atoms with Crippen molar-refractivity contribution in [3.63, 3.8) is 0 Å². The molecule has 0 nitrogen and oxygen atoms in total. The third kappa shape index (κ3) is 5.77. The van der Waals surface area contributed by atoms with Gasteiger partial charge in [-0.15, -0.1) is 0 Å². The van der Waals surface area contributed by atoms with Crippen molar-refractivity contribution in [2.75, 3.05) is 0 Å². The van der Waals surface area contributed by atoms with Gasteiger partial charge in [-0.2, -0.15) is 0 Å². The highest BCUT2D eigenvalue weighted by atomic mass is 31.1. The van der Waals surface area contributed by atoms with E-state index in [0.29, 0.717) is 0 Å². The molecule has 0 amide bonds. The summed E-state index contributed by atoms with van der Waals surface area (Å²) in [5.74, 6) is 0. The van der Waals surface area contributed by atoms with Crippen LogP contribution in [0, 0.1) is 13.8 Å². The van der Waals surface area contributed by atoms with Crippen LogP contribution in [0.5, 0.6) is 0 Å². The van der Waals surface area contributed by atoms with Gasteiger partial charge in [-0.3, -0.25) is 0 Å². The van der Waals surface area contributed by atoms with Gasteiger partial charge in [-0.1, -0.05) is 193 Å². The quantitative estimate of drug-likeness (QED) is 0.151. The van der Waals surface area contributed by atoms with E-state index in [4.69, 9.17) is 0 Å². The van der Waals surface area contributed by atoms with Gasteiger partial charge in [0.25, 0.3) is 0 Å². The Labute approximate surface area is 286 Å². The molecule has 0 N–H and O–H groups in total. The summed E-state index contributed by atoms with van der Waals surface area (Å²) in [6.45, 7) is 4.45. The monoisotopic (exact) mass is 650 g/mol. The van der Waals surface area contributed by atoms with Gasteiger partial charge < -0.3 is 0 Å². The van der Waals surface area contributed by atoms with E-state index in [2.05, 4.69) is 196 Å². The van der Waals surface area contributed by atoms with E-state index in [9.17, 15) is 0 Å². The highest BCUT2D eigenvalue weighted by Crippen LogP contribution is 2.46. The van der Waals surface area contributed by atoms with E-state index in [1.54, 1.807) is 0 Å². The van der Waals surface area contributed by atoms with Crippen LogP contribution in [0.15, 0.2) is 182 Å². The average Bonchev–Trinajstić information content (AvgIpc) is 3.14. The SMILES string of the molecule is Cc1ccc2ccc(P(c3ccccc3)c3ccccc3)c(-c3c(P(c4ccccc4)c4ccccc4)ccc4ccc(C)cc34)c2c1. The molecule has 0 fully saturated rings. The van der Waals surface area contributed by atoms with Crippen molar-refractivity contribution in [2.45, 2.75) is 13.8 Å². The Morgan fingerprint density at radius 3 is 0.917 bits per heavy atom. The molecule has 230 valence electrons. The lowest BCUT2D eigenvalue weighted by molar-refractivity contribution is 1.50. The van der Waals surface area contributed by atoms with E-state index in [1.807, 2.05) is 0 Å². The molecular formula is C46H36P2. The minimum absolute atomic E-state index is 0.869. The third-order valence-corrected chi connectivity index (χ3v) is 14.1. The van der Waals surface area contributed by atoms with Gasteiger partial charge in [0.2, 0.25) is 0 Å². The smallest absolute Gasteiger partial charge is 0.000873 e. The normalized spacial score (nSPS) is 11.5. The molecule has 0 atom stereocenters. The minimum Gasteiger partial charge on any atom is -0.0622 e. The van der Waals surface area contributed by atoms with Crippen molar-refractivity contribution in [1.29, 1.82) is 0 Å². The van der Waals surface area contributed by atoms with Gasteiger partial charge in [-0.25, -0.2) is 0 Å². The Hall–Kier alpha value is -4.86. The van der Waals surface area contributed by atoms with Gasteiger partial charge in [-0.05, 0) is 94.2 Å². The molecule has 2 heteroatoms. The van der Waals surface area contributed by atoms with Crippen molar-refractivity contribution in [3.8, 4) is 11.1 Å². The van der Waals surface area contributed by atoms with E-state index < -0.39 is 15.8 Å². The standard InChI is InChI=1S/C46H36P2/c1-33-23-25-35-27-29-43(47(37-15-7-3-8-16-37)38-17-9-4-10-18-38)45(41(35)31-33)46-42-32-34(2)24-26-36(42)28-30-44(46)48(39-19-11-5-12-20-39)40-21-13-6-14-22-40/h3-32H,1-2H3. The molecule has 0 unspecified atom stereocenters. The fourth-order valence-electron chi connectivity index (χ4n) is 6.90. The summed E-state index contributed by atoms with van der Waals surface area (Å²) in [5, 5.41) is 13.4.